The summed E-state index contributed by atoms with van der Waals surface area (Å²) in [4.78, 5) is 18.5. The third-order valence-corrected chi connectivity index (χ3v) is 3.76. The molecule has 0 spiro atoms. The van der Waals surface area contributed by atoms with Gasteiger partial charge in [-0.2, -0.15) is 5.10 Å². The second kappa shape index (κ2) is 5.79. The SMILES string of the molecule is Cc1ccc(C(C)n2cc(-c3cc(=O)[nH]c(C)n3)cn2)c(F)c1. The van der Waals surface area contributed by atoms with Crippen LogP contribution in [0, 0.1) is 19.7 Å². The van der Waals surface area contributed by atoms with Crippen LogP contribution < -0.4 is 5.56 Å². The van der Waals surface area contributed by atoms with Gasteiger partial charge in [-0.3, -0.25) is 9.48 Å². The molecule has 2 heterocycles. The molecule has 0 radical (unpaired) electrons. The molecule has 1 unspecified atom stereocenters. The van der Waals surface area contributed by atoms with Gasteiger partial charge in [-0.05, 0) is 32.4 Å². The highest BCUT2D eigenvalue weighted by atomic mass is 19.1. The fourth-order valence-electron chi connectivity index (χ4n) is 2.52. The highest BCUT2D eigenvalue weighted by Crippen LogP contribution is 2.23. The van der Waals surface area contributed by atoms with E-state index in [1.807, 2.05) is 19.9 Å². The Morgan fingerprint density at radius 2 is 2.04 bits per heavy atom. The summed E-state index contributed by atoms with van der Waals surface area (Å²) in [6.07, 6.45) is 3.40. The molecule has 0 aliphatic rings. The third-order valence-electron chi connectivity index (χ3n) is 3.76. The molecule has 3 aromatic rings. The zero-order valence-corrected chi connectivity index (χ0v) is 13.2. The van der Waals surface area contributed by atoms with Crippen LogP contribution >= 0.6 is 0 Å². The molecule has 1 N–H and O–H groups in total. The smallest absolute Gasteiger partial charge is 0.251 e. The Bertz CT molecular complexity index is 913. The number of hydrogen-bond donors (Lipinski definition) is 1. The fourth-order valence-corrected chi connectivity index (χ4v) is 2.52. The number of aryl methyl sites for hydroxylation is 2. The van der Waals surface area contributed by atoms with Crippen molar-refractivity contribution in [1.82, 2.24) is 19.7 Å². The molecule has 0 amide bonds. The van der Waals surface area contributed by atoms with Crippen LogP contribution in [0.5, 0.6) is 0 Å². The van der Waals surface area contributed by atoms with E-state index in [2.05, 4.69) is 15.1 Å². The summed E-state index contributed by atoms with van der Waals surface area (Å²) in [6.45, 7) is 5.45. The van der Waals surface area contributed by atoms with Crippen LogP contribution in [-0.2, 0) is 0 Å². The van der Waals surface area contributed by atoms with E-state index in [0.29, 0.717) is 17.1 Å². The Morgan fingerprint density at radius 1 is 1.26 bits per heavy atom. The fraction of sp³-hybridized carbons (Fsp3) is 0.235. The van der Waals surface area contributed by atoms with E-state index in [9.17, 15) is 9.18 Å². The van der Waals surface area contributed by atoms with Gasteiger partial charge in [0.1, 0.15) is 11.6 Å². The molecule has 23 heavy (non-hydrogen) atoms. The Morgan fingerprint density at radius 3 is 2.74 bits per heavy atom. The number of aromatic nitrogens is 4. The molecule has 118 valence electrons. The van der Waals surface area contributed by atoms with Crippen LogP contribution in [0.3, 0.4) is 0 Å². The van der Waals surface area contributed by atoms with Gasteiger partial charge >= 0.3 is 0 Å². The molecule has 0 aliphatic heterocycles. The maximum atomic E-state index is 14.1. The van der Waals surface area contributed by atoms with E-state index in [0.717, 1.165) is 11.1 Å². The molecule has 2 aromatic heterocycles. The molecular formula is C17H17FN4O. The normalized spacial score (nSPS) is 12.3. The van der Waals surface area contributed by atoms with Crippen molar-refractivity contribution in [2.24, 2.45) is 0 Å². The second-order valence-corrected chi connectivity index (χ2v) is 5.63. The molecule has 0 fully saturated rings. The molecule has 0 saturated carbocycles. The Kier molecular flexibility index (Phi) is 3.82. The number of H-pyrrole nitrogens is 1. The number of nitrogens with one attached hydrogen (secondary N) is 1. The molecule has 3 rings (SSSR count). The van der Waals surface area contributed by atoms with E-state index in [1.54, 1.807) is 30.1 Å². The summed E-state index contributed by atoms with van der Waals surface area (Å²) < 4.78 is 15.8. The molecular weight excluding hydrogens is 295 g/mol. The van der Waals surface area contributed by atoms with E-state index in [-0.39, 0.29) is 17.4 Å². The van der Waals surface area contributed by atoms with Gasteiger partial charge in [-0.15, -0.1) is 0 Å². The first kappa shape index (κ1) is 15.1. The number of benzene rings is 1. The molecule has 5 nitrogen and oxygen atoms in total. The first-order valence-electron chi connectivity index (χ1n) is 7.32. The minimum atomic E-state index is -0.257. The first-order valence-corrected chi connectivity index (χ1v) is 7.32. The average molecular weight is 312 g/mol. The van der Waals surface area contributed by atoms with Gasteiger partial charge in [-0.25, -0.2) is 9.37 Å². The van der Waals surface area contributed by atoms with Crippen LogP contribution in [0.25, 0.3) is 11.3 Å². The van der Waals surface area contributed by atoms with Crippen LogP contribution in [-0.4, -0.2) is 19.7 Å². The first-order chi connectivity index (χ1) is 10.9. The predicted molar refractivity (Wildman–Crippen MR) is 85.8 cm³/mol. The van der Waals surface area contributed by atoms with Crippen molar-refractivity contribution in [1.29, 1.82) is 0 Å². The Hall–Kier alpha value is -2.76. The zero-order valence-electron chi connectivity index (χ0n) is 13.2. The minimum Gasteiger partial charge on any atom is -0.311 e. The van der Waals surface area contributed by atoms with Crippen molar-refractivity contribution < 1.29 is 4.39 Å². The zero-order chi connectivity index (χ0) is 16.6. The number of hydrogen-bond acceptors (Lipinski definition) is 3. The summed E-state index contributed by atoms with van der Waals surface area (Å²) >= 11 is 0. The highest BCUT2D eigenvalue weighted by molar-refractivity contribution is 5.56. The van der Waals surface area contributed by atoms with Crippen molar-refractivity contribution in [3.63, 3.8) is 0 Å². The Labute approximate surface area is 132 Å². The van der Waals surface area contributed by atoms with E-state index in [1.165, 1.54) is 12.1 Å². The van der Waals surface area contributed by atoms with Crippen LogP contribution in [0.2, 0.25) is 0 Å². The number of aromatic amines is 1. The van der Waals surface area contributed by atoms with E-state index < -0.39 is 0 Å². The average Bonchev–Trinajstić information content (AvgIpc) is 2.95. The minimum absolute atomic E-state index is 0.210. The van der Waals surface area contributed by atoms with E-state index in [4.69, 9.17) is 0 Å². The standard InChI is InChI=1S/C17H17FN4O/c1-10-4-5-14(15(18)6-10)11(2)22-9-13(8-19-22)16-7-17(23)21-12(3)20-16/h4-9,11H,1-3H3,(H,20,21,23). The number of rotatable bonds is 3. The van der Waals surface area contributed by atoms with Gasteiger partial charge in [0, 0.05) is 23.4 Å². The van der Waals surface area contributed by atoms with Gasteiger partial charge in [0.15, 0.2) is 0 Å². The van der Waals surface area contributed by atoms with Crippen molar-refractivity contribution in [2.45, 2.75) is 26.8 Å². The van der Waals surface area contributed by atoms with Crippen molar-refractivity contribution in [3.05, 3.63) is 69.8 Å². The van der Waals surface area contributed by atoms with Gasteiger partial charge in [0.25, 0.3) is 5.56 Å². The molecule has 0 aliphatic carbocycles. The second-order valence-electron chi connectivity index (χ2n) is 5.63. The molecule has 1 atom stereocenters. The predicted octanol–water partition coefficient (Wildman–Crippen LogP) is 3.00. The van der Waals surface area contributed by atoms with Crippen molar-refractivity contribution >= 4 is 0 Å². The van der Waals surface area contributed by atoms with Crippen molar-refractivity contribution in [3.8, 4) is 11.3 Å². The monoisotopic (exact) mass is 312 g/mol. The summed E-state index contributed by atoms with van der Waals surface area (Å²) in [5.74, 6) is 0.289. The lowest BCUT2D eigenvalue weighted by molar-refractivity contribution is 0.520. The number of halogens is 1. The highest BCUT2D eigenvalue weighted by Gasteiger charge is 2.15. The summed E-state index contributed by atoms with van der Waals surface area (Å²) in [5.41, 5.74) is 2.51. The summed E-state index contributed by atoms with van der Waals surface area (Å²) in [5, 5.41) is 4.29. The van der Waals surface area contributed by atoms with Crippen LogP contribution in [0.15, 0.2) is 41.5 Å². The quantitative estimate of drug-likeness (QED) is 0.808. The lowest BCUT2D eigenvalue weighted by Gasteiger charge is -2.13. The largest absolute Gasteiger partial charge is 0.311 e. The topological polar surface area (TPSA) is 63.6 Å². The van der Waals surface area contributed by atoms with Gasteiger partial charge in [0.2, 0.25) is 0 Å². The van der Waals surface area contributed by atoms with Gasteiger partial charge in [0.05, 0.1) is 17.9 Å². The maximum absolute atomic E-state index is 14.1. The van der Waals surface area contributed by atoms with Crippen LogP contribution in [0.4, 0.5) is 4.39 Å². The van der Waals surface area contributed by atoms with Crippen LogP contribution in [0.1, 0.15) is 29.9 Å². The maximum Gasteiger partial charge on any atom is 0.251 e. The number of nitrogens with zero attached hydrogens (tertiary/aromatic N) is 3. The van der Waals surface area contributed by atoms with Gasteiger partial charge < -0.3 is 4.98 Å². The lowest BCUT2D eigenvalue weighted by atomic mass is 10.1. The third kappa shape index (κ3) is 3.06. The van der Waals surface area contributed by atoms with Gasteiger partial charge in [-0.1, -0.05) is 12.1 Å². The molecule has 0 saturated heterocycles. The molecule has 6 heteroatoms. The summed E-state index contributed by atoms with van der Waals surface area (Å²) in [6, 6.07) is 6.32. The molecule has 0 bridgehead atoms. The summed E-state index contributed by atoms with van der Waals surface area (Å²) in [7, 11) is 0. The lowest BCUT2D eigenvalue weighted by Crippen LogP contribution is -2.09. The van der Waals surface area contributed by atoms with Crippen molar-refractivity contribution in [2.75, 3.05) is 0 Å². The Balaban J connectivity index is 1.96. The molecule has 1 aromatic carbocycles. The van der Waals surface area contributed by atoms with E-state index >= 15 is 0 Å².